The molecule has 2 N–H and O–H groups in total. The number of carbonyl (C=O) groups is 2. The van der Waals surface area contributed by atoms with Crippen molar-refractivity contribution in [1.29, 1.82) is 0 Å². The molecule has 0 fully saturated rings. The number of aromatic carboxylic acids is 1. The third-order valence-corrected chi connectivity index (χ3v) is 4.74. The van der Waals surface area contributed by atoms with E-state index in [9.17, 15) is 9.59 Å². The van der Waals surface area contributed by atoms with E-state index < -0.39 is 11.9 Å². The number of aromatic nitrogens is 1. The Labute approximate surface area is 135 Å². The molecule has 0 aliphatic rings. The zero-order valence-corrected chi connectivity index (χ0v) is 13.4. The van der Waals surface area contributed by atoms with Crippen LogP contribution < -0.4 is 5.32 Å². The Morgan fingerprint density at radius 1 is 1.35 bits per heavy atom. The predicted octanol–water partition coefficient (Wildman–Crippen LogP) is 4.16. The summed E-state index contributed by atoms with van der Waals surface area (Å²) in [7, 11) is 0. The molecule has 2 rings (SSSR count). The van der Waals surface area contributed by atoms with Gasteiger partial charge in [0.05, 0.1) is 11.3 Å². The lowest BCUT2D eigenvalue weighted by Gasteiger charge is -2.09. The molecule has 9 heteroatoms. The number of halogens is 3. The summed E-state index contributed by atoms with van der Waals surface area (Å²) in [5, 5.41) is 11.7. The summed E-state index contributed by atoms with van der Waals surface area (Å²) < 4.78 is 4.10. The van der Waals surface area contributed by atoms with Crippen LogP contribution in [-0.4, -0.2) is 21.4 Å². The molecule has 104 valence electrons. The first-order valence-corrected chi connectivity index (χ1v) is 7.38. The highest BCUT2D eigenvalue weighted by atomic mass is 79.9. The summed E-state index contributed by atoms with van der Waals surface area (Å²) in [6.45, 7) is 0. The Hall–Kier alpha value is -1.15. The first-order valence-electron chi connectivity index (χ1n) is 5.05. The molecule has 0 saturated heterocycles. The second-order valence-corrected chi connectivity index (χ2v) is 5.90. The molecular formula is C11H5BrCl2N2O3S. The van der Waals surface area contributed by atoms with Gasteiger partial charge in [0.2, 0.25) is 0 Å². The fourth-order valence-electron chi connectivity index (χ4n) is 1.43. The van der Waals surface area contributed by atoms with Gasteiger partial charge in [0, 0.05) is 4.47 Å². The van der Waals surface area contributed by atoms with Gasteiger partial charge < -0.3 is 10.4 Å². The van der Waals surface area contributed by atoms with Crippen molar-refractivity contribution in [3.05, 3.63) is 43.3 Å². The zero-order chi connectivity index (χ0) is 14.9. The van der Waals surface area contributed by atoms with Crippen LogP contribution in [0.4, 0.5) is 5.69 Å². The van der Waals surface area contributed by atoms with E-state index in [2.05, 4.69) is 25.6 Å². The predicted molar refractivity (Wildman–Crippen MR) is 81.2 cm³/mol. The fourth-order valence-corrected chi connectivity index (χ4v) is 3.07. The van der Waals surface area contributed by atoms with Crippen molar-refractivity contribution >= 4 is 68.2 Å². The van der Waals surface area contributed by atoms with Gasteiger partial charge in [-0.25, -0.2) is 4.79 Å². The minimum atomic E-state index is -1.17. The number of anilines is 1. The molecule has 0 unspecified atom stereocenters. The van der Waals surface area contributed by atoms with E-state index in [0.29, 0.717) is 4.47 Å². The molecule has 0 aliphatic carbocycles. The van der Waals surface area contributed by atoms with Crippen LogP contribution in [0.1, 0.15) is 20.0 Å². The Bertz CT molecular complexity index is 705. The van der Waals surface area contributed by atoms with Crippen LogP contribution >= 0.6 is 50.7 Å². The SMILES string of the molecule is O=C(Nc1cccc(Br)c1C(=O)O)c1snc(Cl)c1Cl. The van der Waals surface area contributed by atoms with Crippen LogP contribution in [0.2, 0.25) is 10.2 Å². The maximum atomic E-state index is 12.0. The molecule has 1 heterocycles. The molecule has 0 spiro atoms. The first-order chi connectivity index (χ1) is 9.41. The minimum Gasteiger partial charge on any atom is -0.478 e. The molecule has 20 heavy (non-hydrogen) atoms. The molecule has 0 bridgehead atoms. The van der Waals surface area contributed by atoms with Crippen LogP contribution in [0.15, 0.2) is 22.7 Å². The average Bonchev–Trinajstić information content (AvgIpc) is 2.69. The molecule has 1 aromatic carbocycles. The molecule has 2 aromatic rings. The van der Waals surface area contributed by atoms with Crippen molar-refractivity contribution in [2.24, 2.45) is 0 Å². The zero-order valence-electron chi connectivity index (χ0n) is 9.49. The third kappa shape index (κ3) is 2.95. The highest BCUT2D eigenvalue weighted by Crippen LogP contribution is 2.30. The number of hydrogen-bond donors (Lipinski definition) is 2. The van der Waals surface area contributed by atoms with Gasteiger partial charge in [-0.2, -0.15) is 4.37 Å². The number of rotatable bonds is 3. The molecule has 0 saturated carbocycles. The van der Waals surface area contributed by atoms with Crippen molar-refractivity contribution in [3.8, 4) is 0 Å². The highest BCUT2D eigenvalue weighted by molar-refractivity contribution is 9.10. The largest absolute Gasteiger partial charge is 0.478 e. The van der Waals surface area contributed by atoms with Crippen molar-refractivity contribution in [2.75, 3.05) is 5.32 Å². The van der Waals surface area contributed by atoms with Gasteiger partial charge in [-0.15, -0.1) is 0 Å². The van der Waals surface area contributed by atoms with Crippen molar-refractivity contribution < 1.29 is 14.7 Å². The van der Waals surface area contributed by atoms with Gasteiger partial charge >= 0.3 is 5.97 Å². The van der Waals surface area contributed by atoms with E-state index in [4.69, 9.17) is 28.3 Å². The summed E-state index contributed by atoms with van der Waals surface area (Å²) >= 11 is 15.5. The number of carboxylic acid groups (broad SMARTS) is 1. The van der Waals surface area contributed by atoms with Crippen molar-refractivity contribution in [2.45, 2.75) is 0 Å². The maximum absolute atomic E-state index is 12.0. The topological polar surface area (TPSA) is 79.3 Å². The van der Waals surface area contributed by atoms with E-state index in [1.165, 1.54) is 6.07 Å². The van der Waals surface area contributed by atoms with E-state index >= 15 is 0 Å². The lowest BCUT2D eigenvalue weighted by molar-refractivity contribution is 0.0697. The lowest BCUT2D eigenvalue weighted by Crippen LogP contribution is -2.14. The Morgan fingerprint density at radius 3 is 2.60 bits per heavy atom. The molecule has 0 radical (unpaired) electrons. The summed E-state index contributed by atoms with van der Waals surface area (Å²) in [4.78, 5) is 23.4. The van der Waals surface area contributed by atoms with E-state index in [0.717, 1.165) is 11.5 Å². The van der Waals surface area contributed by atoms with E-state index in [1.54, 1.807) is 12.1 Å². The number of benzene rings is 1. The third-order valence-electron chi connectivity index (χ3n) is 2.28. The molecule has 1 aromatic heterocycles. The Kier molecular flexibility index (Phi) is 4.64. The van der Waals surface area contributed by atoms with Gasteiger partial charge in [-0.1, -0.05) is 29.3 Å². The quantitative estimate of drug-likeness (QED) is 0.817. The average molecular weight is 396 g/mol. The van der Waals surface area contributed by atoms with Gasteiger partial charge in [-0.05, 0) is 39.6 Å². The van der Waals surface area contributed by atoms with E-state index in [-0.39, 0.29) is 26.3 Å². The Morgan fingerprint density at radius 2 is 2.05 bits per heavy atom. The minimum absolute atomic E-state index is 0.0366. The molecule has 0 atom stereocenters. The fraction of sp³-hybridized carbons (Fsp3) is 0. The highest BCUT2D eigenvalue weighted by Gasteiger charge is 2.20. The van der Waals surface area contributed by atoms with Crippen LogP contribution in [0.5, 0.6) is 0 Å². The second kappa shape index (κ2) is 6.09. The molecule has 5 nitrogen and oxygen atoms in total. The summed E-state index contributed by atoms with van der Waals surface area (Å²) in [6, 6.07) is 4.64. The van der Waals surface area contributed by atoms with Gasteiger partial charge in [0.1, 0.15) is 9.90 Å². The molecule has 0 aliphatic heterocycles. The number of nitrogens with zero attached hydrogens (tertiary/aromatic N) is 1. The summed E-state index contributed by atoms with van der Waals surface area (Å²) in [5.74, 6) is -1.73. The smallest absolute Gasteiger partial charge is 0.338 e. The second-order valence-electron chi connectivity index (χ2n) is 3.54. The monoisotopic (exact) mass is 394 g/mol. The maximum Gasteiger partial charge on any atom is 0.338 e. The normalized spacial score (nSPS) is 10.3. The summed E-state index contributed by atoms with van der Waals surface area (Å²) in [5.41, 5.74) is 0.102. The van der Waals surface area contributed by atoms with Crippen molar-refractivity contribution in [3.63, 3.8) is 0 Å². The lowest BCUT2D eigenvalue weighted by atomic mass is 10.2. The Balaban J connectivity index is 2.36. The number of hydrogen-bond acceptors (Lipinski definition) is 4. The van der Waals surface area contributed by atoms with Gasteiger partial charge in [0.15, 0.2) is 5.15 Å². The van der Waals surface area contributed by atoms with Gasteiger partial charge in [0.25, 0.3) is 5.91 Å². The molecular weight excluding hydrogens is 391 g/mol. The summed E-state index contributed by atoms with van der Waals surface area (Å²) in [6.07, 6.45) is 0. The number of nitrogens with one attached hydrogen (secondary N) is 1. The van der Waals surface area contributed by atoms with Crippen LogP contribution in [0, 0.1) is 0 Å². The first kappa shape index (κ1) is 15.2. The van der Waals surface area contributed by atoms with Crippen LogP contribution in [-0.2, 0) is 0 Å². The van der Waals surface area contributed by atoms with Crippen LogP contribution in [0.25, 0.3) is 0 Å². The number of amides is 1. The van der Waals surface area contributed by atoms with Crippen LogP contribution in [0.3, 0.4) is 0 Å². The standard InChI is InChI=1S/C11H5BrCl2N2O3S/c12-4-2-1-3-5(6(4)11(18)19)15-10(17)8-7(13)9(14)16-20-8/h1-3H,(H,15,17)(H,18,19). The number of carboxylic acids is 1. The molecule has 1 amide bonds. The number of carbonyl (C=O) groups excluding carboxylic acids is 1. The van der Waals surface area contributed by atoms with Gasteiger partial charge in [-0.3, -0.25) is 4.79 Å². The van der Waals surface area contributed by atoms with E-state index in [1.807, 2.05) is 0 Å². The van der Waals surface area contributed by atoms with Crippen molar-refractivity contribution in [1.82, 2.24) is 4.37 Å².